The van der Waals surface area contributed by atoms with E-state index in [1.165, 1.54) is 7.11 Å². The number of esters is 1. The van der Waals surface area contributed by atoms with Gasteiger partial charge in [-0.05, 0) is 42.7 Å². The summed E-state index contributed by atoms with van der Waals surface area (Å²) in [7, 11) is 1.34. The predicted molar refractivity (Wildman–Crippen MR) is 106 cm³/mol. The van der Waals surface area contributed by atoms with E-state index in [0.29, 0.717) is 23.4 Å². The highest BCUT2D eigenvalue weighted by Crippen LogP contribution is 2.31. The molecule has 0 aliphatic carbocycles. The van der Waals surface area contributed by atoms with Gasteiger partial charge in [0.05, 0.1) is 18.7 Å². The molecule has 0 aromatic heterocycles. The number of amides is 2. The minimum atomic E-state index is -0.574. The number of rotatable bonds is 6. The van der Waals surface area contributed by atoms with Crippen LogP contribution < -0.4 is 15.4 Å². The van der Waals surface area contributed by atoms with Gasteiger partial charge in [0.1, 0.15) is 11.5 Å². The normalized spacial score (nSPS) is 16.2. The van der Waals surface area contributed by atoms with Gasteiger partial charge < -0.3 is 20.1 Å². The highest BCUT2D eigenvalue weighted by atomic mass is 16.5. The summed E-state index contributed by atoms with van der Waals surface area (Å²) in [6, 6.07) is 14.2. The van der Waals surface area contributed by atoms with Crippen LogP contribution in [-0.2, 0) is 9.53 Å². The van der Waals surface area contributed by atoms with E-state index in [2.05, 4.69) is 10.6 Å². The van der Waals surface area contributed by atoms with Gasteiger partial charge >= 0.3 is 12.0 Å². The first-order valence-electron chi connectivity index (χ1n) is 9.25. The lowest BCUT2D eigenvalue weighted by Gasteiger charge is -2.29. The maximum atomic E-state index is 12.4. The van der Waals surface area contributed by atoms with Crippen LogP contribution in [0.5, 0.6) is 11.5 Å². The fraction of sp³-hybridized carbons (Fsp3) is 0.273. The second-order valence-corrected chi connectivity index (χ2v) is 6.60. The molecule has 2 N–H and O–H groups in total. The Morgan fingerprint density at radius 2 is 1.82 bits per heavy atom. The fourth-order valence-electron chi connectivity index (χ4n) is 3.19. The molecule has 1 unspecified atom stereocenters. The molecule has 0 saturated heterocycles. The summed E-state index contributed by atoms with van der Waals surface area (Å²) >= 11 is 0. The quantitative estimate of drug-likeness (QED) is 0.730. The number of benzene rings is 2. The van der Waals surface area contributed by atoms with Crippen LogP contribution in [0.3, 0.4) is 0 Å². The van der Waals surface area contributed by atoms with Crippen LogP contribution in [0.25, 0.3) is 0 Å². The van der Waals surface area contributed by atoms with Crippen molar-refractivity contribution in [3.05, 3.63) is 70.9 Å². The number of carbonyl (C=O) groups is 2. The van der Waals surface area contributed by atoms with Crippen LogP contribution >= 0.6 is 0 Å². The van der Waals surface area contributed by atoms with Gasteiger partial charge in [-0.15, -0.1) is 0 Å². The van der Waals surface area contributed by atoms with Crippen LogP contribution in [0.4, 0.5) is 4.79 Å². The maximum Gasteiger partial charge on any atom is 0.337 e. The van der Waals surface area contributed by atoms with Gasteiger partial charge in [0.25, 0.3) is 0 Å². The molecule has 0 saturated carbocycles. The number of ether oxygens (including phenoxy) is 2. The summed E-state index contributed by atoms with van der Waals surface area (Å²) in [6.45, 7) is 3.97. The molecule has 3 rings (SSSR count). The monoisotopic (exact) mass is 380 g/mol. The van der Waals surface area contributed by atoms with Crippen molar-refractivity contribution >= 4 is 12.0 Å². The SMILES string of the molecule is CCCC1=C(C(=O)OC)C(c2ccc(Oc3ccccc3C)cc2)NC(=O)N1. The van der Waals surface area contributed by atoms with Crippen molar-refractivity contribution in [3.63, 3.8) is 0 Å². The first-order valence-corrected chi connectivity index (χ1v) is 9.25. The Hall–Kier alpha value is -3.28. The molecule has 0 radical (unpaired) electrons. The smallest absolute Gasteiger partial charge is 0.337 e. The van der Waals surface area contributed by atoms with E-state index in [4.69, 9.17) is 9.47 Å². The van der Waals surface area contributed by atoms with E-state index in [-0.39, 0.29) is 6.03 Å². The number of allylic oxidation sites excluding steroid dienone is 1. The number of para-hydroxylation sites is 1. The lowest BCUT2D eigenvalue weighted by molar-refractivity contribution is -0.136. The maximum absolute atomic E-state index is 12.4. The summed E-state index contributed by atoms with van der Waals surface area (Å²) in [5, 5.41) is 5.55. The zero-order chi connectivity index (χ0) is 20.1. The third kappa shape index (κ3) is 4.17. The number of nitrogens with one attached hydrogen (secondary N) is 2. The van der Waals surface area contributed by atoms with Crippen LogP contribution in [0.2, 0.25) is 0 Å². The van der Waals surface area contributed by atoms with Crippen molar-refractivity contribution in [2.75, 3.05) is 7.11 Å². The Bertz CT molecular complexity index is 903. The summed E-state index contributed by atoms with van der Waals surface area (Å²) in [4.78, 5) is 24.5. The number of methoxy groups -OCH3 is 1. The van der Waals surface area contributed by atoms with E-state index < -0.39 is 12.0 Å². The molecular weight excluding hydrogens is 356 g/mol. The Morgan fingerprint density at radius 3 is 2.46 bits per heavy atom. The van der Waals surface area contributed by atoms with Crippen molar-refractivity contribution in [1.82, 2.24) is 10.6 Å². The minimum absolute atomic E-state index is 0.332. The number of hydrogen-bond acceptors (Lipinski definition) is 4. The molecule has 2 aromatic carbocycles. The molecular formula is C22H24N2O4. The lowest BCUT2D eigenvalue weighted by Crippen LogP contribution is -2.45. The van der Waals surface area contributed by atoms with E-state index >= 15 is 0 Å². The van der Waals surface area contributed by atoms with Gasteiger partial charge in [-0.1, -0.05) is 43.7 Å². The zero-order valence-electron chi connectivity index (χ0n) is 16.2. The Morgan fingerprint density at radius 1 is 1.11 bits per heavy atom. The molecule has 1 atom stereocenters. The van der Waals surface area contributed by atoms with Crippen molar-refractivity contribution < 1.29 is 19.1 Å². The van der Waals surface area contributed by atoms with Gasteiger partial charge in [0, 0.05) is 5.70 Å². The summed E-state index contributed by atoms with van der Waals surface area (Å²) in [6.07, 6.45) is 1.38. The van der Waals surface area contributed by atoms with Crippen molar-refractivity contribution in [2.24, 2.45) is 0 Å². The standard InChI is InChI=1S/C22H24N2O4/c1-4-7-17-19(21(25)27-3)20(24-22(26)23-17)15-10-12-16(13-11-15)28-18-9-6-5-8-14(18)2/h5-6,8-13,20H,4,7H2,1-3H3,(H2,23,24,26). The molecule has 0 spiro atoms. The van der Waals surface area contributed by atoms with Gasteiger partial charge in [0.15, 0.2) is 0 Å². The molecule has 6 nitrogen and oxygen atoms in total. The lowest BCUT2D eigenvalue weighted by atomic mass is 9.94. The van der Waals surface area contributed by atoms with Gasteiger partial charge in [-0.3, -0.25) is 0 Å². The molecule has 2 aromatic rings. The van der Waals surface area contributed by atoms with Crippen LogP contribution in [-0.4, -0.2) is 19.1 Å². The molecule has 0 fully saturated rings. The first kappa shape index (κ1) is 19.5. The first-order chi connectivity index (χ1) is 13.5. The molecule has 146 valence electrons. The summed E-state index contributed by atoms with van der Waals surface area (Å²) < 4.78 is 10.9. The molecule has 1 aliphatic rings. The Labute approximate surface area is 164 Å². The largest absolute Gasteiger partial charge is 0.466 e. The second-order valence-electron chi connectivity index (χ2n) is 6.60. The van der Waals surface area contributed by atoms with E-state index in [1.54, 1.807) is 0 Å². The molecule has 1 heterocycles. The van der Waals surface area contributed by atoms with Crippen molar-refractivity contribution in [3.8, 4) is 11.5 Å². The third-order valence-corrected chi connectivity index (χ3v) is 4.59. The topological polar surface area (TPSA) is 76.7 Å². The summed E-state index contributed by atoms with van der Waals surface area (Å²) in [5.74, 6) is 1.00. The predicted octanol–water partition coefficient (Wildman–Crippen LogP) is 4.37. The highest BCUT2D eigenvalue weighted by Gasteiger charge is 2.33. The number of aryl methyl sites for hydroxylation is 1. The van der Waals surface area contributed by atoms with E-state index in [9.17, 15) is 9.59 Å². The summed E-state index contributed by atoms with van der Waals surface area (Å²) in [5.41, 5.74) is 2.85. The molecule has 6 heteroatoms. The fourth-order valence-corrected chi connectivity index (χ4v) is 3.19. The third-order valence-electron chi connectivity index (χ3n) is 4.59. The van der Waals surface area contributed by atoms with Crippen LogP contribution in [0.1, 0.15) is 36.9 Å². The number of hydrogen-bond donors (Lipinski definition) is 2. The van der Waals surface area contributed by atoms with E-state index in [0.717, 1.165) is 23.3 Å². The Kier molecular flexibility index (Phi) is 5.99. The van der Waals surface area contributed by atoms with Gasteiger partial charge in [-0.25, -0.2) is 9.59 Å². The average Bonchev–Trinajstić information content (AvgIpc) is 2.69. The number of urea groups is 1. The van der Waals surface area contributed by atoms with Gasteiger partial charge in [-0.2, -0.15) is 0 Å². The van der Waals surface area contributed by atoms with Gasteiger partial charge in [0.2, 0.25) is 0 Å². The van der Waals surface area contributed by atoms with Crippen molar-refractivity contribution in [2.45, 2.75) is 32.7 Å². The molecule has 1 aliphatic heterocycles. The zero-order valence-corrected chi connectivity index (χ0v) is 16.2. The molecule has 0 bridgehead atoms. The molecule has 28 heavy (non-hydrogen) atoms. The Balaban J connectivity index is 1.90. The van der Waals surface area contributed by atoms with Crippen molar-refractivity contribution in [1.29, 1.82) is 0 Å². The van der Waals surface area contributed by atoms with Crippen LogP contribution in [0.15, 0.2) is 59.8 Å². The average molecular weight is 380 g/mol. The van der Waals surface area contributed by atoms with Crippen LogP contribution in [0, 0.1) is 6.92 Å². The number of carbonyl (C=O) groups excluding carboxylic acids is 2. The minimum Gasteiger partial charge on any atom is -0.466 e. The molecule has 2 amide bonds. The highest BCUT2D eigenvalue weighted by molar-refractivity contribution is 5.95. The second kappa shape index (κ2) is 8.61. The van der Waals surface area contributed by atoms with E-state index in [1.807, 2.05) is 62.4 Å².